The van der Waals surface area contributed by atoms with Crippen LogP contribution in [0.2, 0.25) is 0 Å². The first kappa shape index (κ1) is 38.5. The van der Waals surface area contributed by atoms with Crippen molar-refractivity contribution in [1.29, 1.82) is 0 Å². The van der Waals surface area contributed by atoms with E-state index >= 15 is 0 Å². The monoisotopic (exact) mass is 782 g/mol. The second kappa shape index (κ2) is 15.2. The molecule has 2 saturated heterocycles. The summed E-state index contributed by atoms with van der Waals surface area (Å²) in [4.78, 5) is 49.6. The zero-order valence-corrected chi connectivity index (χ0v) is 31.9. The van der Waals surface area contributed by atoms with Crippen LogP contribution in [0.4, 0.5) is 29.3 Å². The summed E-state index contributed by atoms with van der Waals surface area (Å²) in [7, 11) is 0. The standard InChI is InChI=1S/C42H45F3N8O4/c1-41(2,57)32-20-34-27(19-35(32)48-39(55)33-7-4-8-37(47-33)42(43,44)45)24-53(50-34)28-11-9-25(10-12-28)23-51-16-13-26(14-17-51)29-5-3-6-30-31(29)21-46-22-36(30)52-18-15-38(54)49-40(52)56/h3-8,19-22,24-26,28,57H,9-18,23H2,1-2H3,(H,48,55)(H,49,54,56). The number of aliphatic hydroxyl groups is 1. The van der Waals surface area contributed by atoms with Crippen LogP contribution in [-0.2, 0) is 16.6 Å². The molecule has 5 heterocycles. The van der Waals surface area contributed by atoms with Crippen molar-refractivity contribution in [2.75, 3.05) is 36.4 Å². The maximum absolute atomic E-state index is 13.3. The largest absolute Gasteiger partial charge is 0.433 e. The average molecular weight is 783 g/mol. The van der Waals surface area contributed by atoms with Crippen LogP contribution in [0.25, 0.3) is 21.7 Å². The van der Waals surface area contributed by atoms with Gasteiger partial charge in [-0.1, -0.05) is 24.3 Å². The quantitative estimate of drug-likeness (QED) is 0.147. The topological polar surface area (TPSA) is 146 Å². The molecule has 5 aromatic rings. The van der Waals surface area contributed by atoms with Crippen LogP contribution < -0.4 is 15.5 Å². The predicted molar refractivity (Wildman–Crippen MR) is 209 cm³/mol. The Labute approximate surface area is 327 Å². The molecule has 8 rings (SSSR count). The molecule has 3 aromatic heterocycles. The van der Waals surface area contributed by atoms with Gasteiger partial charge in [-0.05, 0) is 107 Å². The number of imide groups is 1. The molecular weight excluding hydrogens is 738 g/mol. The summed E-state index contributed by atoms with van der Waals surface area (Å²) in [5.74, 6) is -0.124. The van der Waals surface area contributed by atoms with Gasteiger partial charge >= 0.3 is 12.2 Å². The van der Waals surface area contributed by atoms with Gasteiger partial charge in [-0.15, -0.1) is 0 Å². The Hall–Kier alpha value is -5.41. The van der Waals surface area contributed by atoms with Crippen molar-refractivity contribution in [1.82, 2.24) is 30.0 Å². The Bertz CT molecular complexity index is 2340. The Balaban J connectivity index is 0.888. The van der Waals surface area contributed by atoms with Crippen LogP contribution >= 0.6 is 0 Å². The van der Waals surface area contributed by atoms with Crippen LogP contribution in [0.15, 0.2) is 67.1 Å². The van der Waals surface area contributed by atoms with E-state index in [1.54, 1.807) is 37.1 Å². The van der Waals surface area contributed by atoms with Gasteiger partial charge in [-0.25, -0.2) is 9.78 Å². The number of fused-ring (bicyclic) bond motifs is 2. The van der Waals surface area contributed by atoms with Gasteiger partial charge in [-0.2, -0.15) is 18.3 Å². The van der Waals surface area contributed by atoms with Crippen LogP contribution in [0.5, 0.6) is 0 Å². The number of anilines is 2. The molecular formula is C42H45F3N8O4. The number of urea groups is 1. The summed E-state index contributed by atoms with van der Waals surface area (Å²) in [5.41, 5.74) is 0.369. The third-order valence-electron chi connectivity index (χ3n) is 11.7. The highest BCUT2D eigenvalue weighted by atomic mass is 19.4. The molecule has 3 aliphatic rings. The minimum absolute atomic E-state index is 0.193. The number of nitrogens with one attached hydrogen (secondary N) is 2. The molecule has 57 heavy (non-hydrogen) atoms. The van der Waals surface area contributed by atoms with Crippen molar-refractivity contribution in [2.45, 2.75) is 82.5 Å². The molecule has 0 spiro atoms. The van der Waals surface area contributed by atoms with E-state index in [1.165, 1.54) is 11.6 Å². The van der Waals surface area contributed by atoms with Crippen molar-refractivity contribution in [3.63, 3.8) is 0 Å². The molecule has 1 saturated carbocycles. The number of nitrogens with zero attached hydrogens (tertiary/aromatic N) is 6. The van der Waals surface area contributed by atoms with Gasteiger partial charge in [-0.3, -0.25) is 29.5 Å². The number of aromatic nitrogens is 4. The summed E-state index contributed by atoms with van der Waals surface area (Å²) >= 11 is 0. The number of benzene rings is 2. The van der Waals surface area contributed by atoms with Crippen molar-refractivity contribution < 1.29 is 32.7 Å². The number of alkyl halides is 3. The molecule has 1 aliphatic carbocycles. The van der Waals surface area contributed by atoms with Crippen LogP contribution in [0, 0.1) is 5.92 Å². The lowest BCUT2D eigenvalue weighted by molar-refractivity contribution is -0.141. The molecule has 3 fully saturated rings. The number of amides is 4. The number of piperidine rings is 1. The first-order valence-corrected chi connectivity index (χ1v) is 19.5. The number of pyridine rings is 2. The number of carbonyl (C=O) groups is 3. The molecule has 15 heteroatoms. The van der Waals surface area contributed by atoms with E-state index in [2.05, 4.69) is 31.6 Å². The molecule has 2 aromatic carbocycles. The van der Waals surface area contributed by atoms with Gasteiger partial charge < -0.3 is 15.3 Å². The zero-order chi connectivity index (χ0) is 40.1. The maximum atomic E-state index is 13.3. The third-order valence-corrected chi connectivity index (χ3v) is 11.7. The molecule has 3 N–H and O–H groups in total. The summed E-state index contributed by atoms with van der Waals surface area (Å²) in [5, 5.41) is 23.7. The number of halogens is 3. The second-order valence-corrected chi connectivity index (χ2v) is 16.1. The Morgan fingerprint density at radius 3 is 2.42 bits per heavy atom. The van der Waals surface area contributed by atoms with Crippen molar-refractivity contribution >= 4 is 50.9 Å². The predicted octanol–water partition coefficient (Wildman–Crippen LogP) is 7.54. The molecule has 0 unspecified atom stereocenters. The van der Waals surface area contributed by atoms with Crippen molar-refractivity contribution in [3.8, 4) is 0 Å². The second-order valence-electron chi connectivity index (χ2n) is 16.1. The van der Waals surface area contributed by atoms with E-state index in [0.717, 1.165) is 92.1 Å². The fourth-order valence-electron chi connectivity index (χ4n) is 8.74. The minimum atomic E-state index is -4.69. The fraction of sp³-hybridized carbons (Fsp3) is 0.429. The van der Waals surface area contributed by atoms with E-state index < -0.39 is 29.4 Å². The van der Waals surface area contributed by atoms with E-state index in [1.807, 2.05) is 29.2 Å². The number of hydrogen-bond acceptors (Lipinski definition) is 8. The zero-order valence-electron chi connectivity index (χ0n) is 31.9. The first-order valence-electron chi connectivity index (χ1n) is 19.5. The Kier molecular flexibility index (Phi) is 10.2. The Morgan fingerprint density at radius 2 is 1.70 bits per heavy atom. The van der Waals surface area contributed by atoms with Crippen LogP contribution in [0.3, 0.4) is 0 Å². The Morgan fingerprint density at radius 1 is 0.947 bits per heavy atom. The SMILES string of the molecule is CC(C)(O)c1cc2nn(C3CCC(CN4CCC(c5cccc6c(N7CCC(=O)NC7=O)cncc56)CC4)CC3)cc2cc1NC(=O)c1cccc(C(F)(F)F)n1. The van der Waals surface area contributed by atoms with Gasteiger partial charge in [0.1, 0.15) is 11.4 Å². The van der Waals surface area contributed by atoms with E-state index in [9.17, 15) is 32.7 Å². The van der Waals surface area contributed by atoms with E-state index in [0.29, 0.717) is 29.5 Å². The summed E-state index contributed by atoms with van der Waals surface area (Å²) in [6, 6.07) is 12.6. The average Bonchev–Trinajstić information content (AvgIpc) is 3.60. The molecule has 2 aliphatic heterocycles. The lowest BCUT2D eigenvalue weighted by Crippen LogP contribution is -2.49. The fourth-order valence-corrected chi connectivity index (χ4v) is 8.74. The highest BCUT2D eigenvalue weighted by molar-refractivity contribution is 6.10. The number of hydrogen-bond donors (Lipinski definition) is 3. The number of likely N-dealkylation sites (tertiary alicyclic amines) is 1. The minimum Gasteiger partial charge on any atom is -0.386 e. The highest BCUT2D eigenvalue weighted by Gasteiger charge is 2.34. The highest BCUT2D eigenvalue weighted by Crippen LogP contribution is 2.39. The lowest BCUT2D eigenvalue weighted by atomic mass is 9.84. The van der Waals surface area contributed by atoms with Gasteiger partial charge in [0.25, 0.3) is 5.91 Å². The summed E-state index contributed by atoms with van der Waals surface area (Å²) < 4.78 is 41.7. The van der Waals surface area contributed by atoms with Crippen LogP contribution in [-0.4, -0.2) is 73.8 Å². The van der Waals surface area contributed by atoms with Gasteiger partial charge in [0.05, 0.1) is 29.0 Å². The molecule has 12 nitrogen and oxygen atoms in total. The molecule has 0 bridgehead atoms. The molecule has 0 atom stereocenters. The smallest absolute Gasteiger partial charge is 0.386 e. The van der Waals surface area contributed by atoms with Crippen molar-refractivity contribution in [3.05, 3.63) is 89.6 Å². The third kappa shape index (κ3) is 8.08. The maximum Gasteiger partial charge on any atom is 0.433 e. The van der Waals surface area contributed by atoms with Gasteiger partial charge in [0.2, 0.25) is 5.91 Å². The molecule has 0 radical (unpaired) electrons. The lowest BCUT2D eigenvalue weighted by Gasteiger charge is -2.37. The normalized spacial score (nSPS) is 20.3. The summed E-state index contributed by atoms with van der Waals surface area (Å²) in [6.45, 7) is 6.53. The van der Waals surface area contributed by atoms with E-state index in [-0.39, 0.29) is 29.8 Å². The number of carbonyl (C=O) groups excluding carboxylic acids is 3. The molecule has 298 valence electrons. The van der Waals surface area contributed by atoms with Gasteiger partial charge in [0.15, 0.2) is 0 Å². The first-order chi connectivity index (χ1) is 27.2. The van der Waals surface area contributed by atoms with Gasteiger partial charge in [0, 0.05) is 59.3 Å². The van der Waals surface area contributed by atoms with E-state index in [4.69, 9.17) is 5.10 Å². The summed E-state index contributed by atoms with van der Waals surface area (Å²) in [6.07, 6.45) is 7.21. The number of rotatable bonds is 8. The van der Waals surface area contributed by atoms with Crippen LogP contribution in [0.1, 0.15) is 98.1 Å². The van der Waals surface area contributed by atoms with Crippen molar-refractivity contribution in [2.24, 2.45) is 5.92 Å². The molecule has 4 amide bonds.